The Morgan fingerprint density at radius 2 is 1.23 bits per heavy atom. The Balaban J connectivity index is 4.30. The molecule has 10 heteroatoms. The van der Waals surface area contributed by atoms with Gasteiger partial charge in [0.1, 0.15) is 6.61 Å². The van der Waals surface area contributed by atoms with E-state index in [0.717, 1.165) is 64.2 Å². The summed E-state index contributed by atoms with van der Waals surface area (Å²) in [6.45, 7) is 3.61. The third kappa shape index (κ3) is 30.5. The molecule has 44 heavy (non-hydrogen) atoms. The summed E-state index contributed by atoms with van der Waals surface area (Å²) < 4.78 is 32.5. The van der Waals surface area contributed by atoms with Gasteiger partial charge in [-0.1, -0.05) is 122 Å². The van der Waals surface area contributed by atoms with Gasteiger partial charge in [-0.05, 0) is 38.5 Å². The summed E-state index contributed by atoms with van der Waals surface area (Å²) in [5.41, 5.74) is 5.31. The highest BCUT2D eigenvalue weighted by atomic mass is 31.2. The van der Waals surface area contributed by atoms with Crippen LogP contribution in [0.5, 0.6) is 0 Å². The van der Waals surface area contributed by atoms with Crippen LogP contribution in [0.3, 0.4) is 0 Å². The van der Waals surface area contributed by atoms with Crippen LogP contribution in [-0.2, 0) is 32.7 Å². The lowest BCUT2D eigenvalue weighted by Crippen LogP contribution is -2.29. The monoisotopic (exact) mass is 645 g/mol. The van der Waals surface area contributed by atoms with Gasteiger partial charge in [-0.25, -0.2) is 4.57 Å². The molecule has 2 atom stereocenters. The molecule has 0 amide bonds. The molecule has 0 heterocycles. The molecule has 0 radical (unpaired) electrons. The van der Waals surface area contributed by atoms with E-state index in [9.17, 15) is 19.0 Å². The lowest BCUT2D eigenvalue weighted by molar-refractivity contribution is -0.161. The summed E-state index contributed by atoms with van der Waals surface area (Å²) in [5, 5.41) is 0. The Kier molecular flexibility index (Phi) is 30.4. The average molecular weight is 646 g/mol. The van der Waals surface area contributed by atoms with Crippen LogP contribution >= 0.6 is 7.82 Å². The second-order valence-electron chi connectivity index (χ2n) is 11.4. The number of esters is 2. The van der Waals surface area contributed by atoms with Gasteiger partial charge in [-0.15, -0.1) is 0 Å². The van der Waals surface area contributed by atoms with Gasteiger partial charge in [-0.3, -0.25) is 18.6 Å². The Hall–Kier alpha value is -1.51. The standard InChI is InChI=1S/C34H64NO8P/c1-3-5-7-9-11-13-15-16-17-19-21-23-25-27-34(37)43-32(31-42-44(38,39)41-29-28-35)30-40-33(36)26-24-22-20-18-14-12-10-8-6-4-2/h7,9,13,15,32H,3-6,8,10-12,14,16-31,35H2,1-2H3,(H,38,39)/b9-7-,15-13-. The molecule has 0 aliphatic rings. The van der Waals surface area contributed by atoms with Crippen LogP contribution in [0, 0.1) is 0 Å². The largest absolute Gasteiger partial charge is 0.472 e. The van der Waals surface area contributed by atoms with Crippen molar-refractivity contribution < 1.29 is 37.6 Å². The minimum Gasteiger partial charge on any atom is -0.462 e. The number of hydrogen-bond acceptors (Lipinski definition) is 8. The van der Waals surface area contributed by atoms with E-state index in [1.165, 1.54) is 51.4 Å². The topological polar surface area (TPSA) is 134 Å². The molecule has 0 aromatic rings. The smallest absolute Gasteiger partial charge is 0.462 e. The highest BCUT2D eigenvalue weighted by Gasteiger charge is 2.25. The number of carbonyl (C=O) groups is 2. The normalized spacial score (nSPS) is 13.8. The van der Waals surface area contributed by atoms with Gasteiger partial charge in [0.05, 0.1) is 13.2 Å². The number of hydrogen-bond donors (Lipinski definition) is 2. The van der Waals surface area contributed by atoms with Crippen LogP contribution in [-0.4, -0.2) is 49.3 Å². The quantitative estimate of drug-likeness (QED) is 0.0318. The second kappa shape index (κ2) is 31.5. The molecule has 0 fully saturated rings. The van der Waals surface area contributed by atoms with Crippen LogP contribution in [0.2, 0.25) is 0 Å². The molecule has 0 aliphatic heterocycles. The van der Waals surface area contributed by atoms with Crippen molar-refractivity contribution in [1.29, 1.82) is 0 Å². The van der Waals surface area contributed by atoms with Gasteiger partial charge >= 0.3 is 19.8 Å². The fourth-order valence-corrected chi connectivity index (χ4v) is 5.26. The number of carbonyl (C=O) groups excluding carboxylic acids is 2. The molecule has 0 saturated heterocycles. The van der Waals surface area contributed by atoms with E-state index in [0.29, 0.717) is 6.42 Å². The van der Waals surface area contributed by atoms with Crippen molar-refractivity contribution in [2.24, 2.45) is 5.73 Å². The minimum absolute atomic E-state index is 0.0519. The van der Waals surface area contributed by atoms with Crippen molar-refractivity contribution in [2.75, 3.05) is 26.4 Å². The number of ether oxygens (including phenoxy) is 2. The predicted molar refractivity (Wildman–Crippen MR) is 178 cm³/mol. The van der Waals surface area contributed by atoms with E-state index >= 15 is 0 Å². The molecular formula is C34H64NO8P. The Morgan fingerprint density at radius 3 is 1.82 bits per heavy atom. The van der Waals surface area contributed by atoms with Crippen LogP contribution < -0.4 is 5.73 Å². The highest BCUT2D eigenvalue weighted by molar-refractivity contribution is 7.47. The van der Waals surface area contributed by atoms with Gasteiger partial charge < -0.3 is 20.1 Å². The molecular weight excluding hydrogens is 581 g/mol. The van der Waals surface area contributed by atoms with Crippen LogP contribution in [0.15, 0.2) is 24.3 Å². The highest BCUT2D eigenvalue weighted by Crippen LogP contribution is 2.43. The molecule has 0 aromatic carbocycles. The third-order valence-corrected chi connectivity index (χ3v) is 8.06. The van der Waals surface area contributed by atoms with E-state index in [4.69, 9.17) is 24.3 Å². The fraction of sp³-hybridized carbons (Fsp3) is 0.824. The fourth-order valence-electron chi connectivity index (χ4n) is 4.49. The van der Waals surface area contributed by atoms with E-state index < -0.39 is 26.5 Å². The van der Waals surface area contributed by atoms with Gasteiger partial charge in [0.15, 0.2) is 6.10 Å². The zero-order chi connectivity index (χ0) is 32.6. The number of phosphoric acid groups is 1. The van der Waals surface area contributed by atoms with Gasteiger partial charge in [0.2, 0.25) is 0 Å². The van der Waals surface area contributed by atoms with Gasteiger partial charge in [0, 0.05) is 19.4 Å². The summed E-state index contributed by atoms with van der Waals surface area (Å²) in [5.74, 6) is -0.848. The maximum atomic E-state index is 12.5. The van der Waals surface area contributed by atoms with Gasteiger partial charge in [-0.2, -0.15) is 0 Å². The third-order valence-electron chi connectivity index (χ3n) is 7.07. The second-order valence-corrected chi connectivity index (χ2v) is 12.8. The van der Waals surface area contributed by atoms with E-state index in [1.54, 1.807) is 0 Å². The number of allylic oxidation sites excluding steroid dienone is 4. The maximum absolute atomic E-state index is 12.5. The summed E-state index contributed by atoms with van der Waals surface area (Å²) in [6, 6.07) is 0. The Labute approximate surface area is 268 Å². The molecule has 0 spiro atoms. The summed E-state index contributed by atoms with van der Waals surface area (Å²) >= 11 is 0. The molecule has 2 unspecified atom stereocenters. The Morgan fingerprint density at radius 1 is 0.682 bits per heavy atom. The van der Waals surface area contributed by atoms with Crippen LogP contribution in [0.4, 0.5) is 0 Å². The summed E-state index contributed by atoms with van der Waals surface area (Å²) in [6.07, 6.45) is 29.2. The predicted octanol–water partition coefficient (Wildman–Crippen LogP) is 8.88. The first-order valence-corrected chi connectivity index (χ1v) is 18.8. The van der Waals surface area contributed by atoms with Crippen molar-refractivity contribution in [2.45, 2.75) is 155 Å². The van der Waals surface area contributed by atoms with Crippen molar-refractivity contribution >= 4 is 19.8 Å². The molecule has 0 rings (SSSR count). The van der Waals surface area contributed by atoms with Crippen molar-refractivity contribution in [1.82, 2.24) is 0 Å². The number of unbranched alkanes of at least 4 members (excludes halogenated alkanes) is 15. The van der Waals surface area contributed by atoms with Crippen LogP contribution in [0.1, 0.15) is 149 Å². The first-order chi connectivity index (χ1) is 21.3. The van der Waals surface area contributed by atoms with Crippen molar-refractivity contribution in [3.63, 3.8) is 0 Å². The van der Waals surface area contributed by atoms with E-state index in [-0.39, 0.29) is 38.6 Å². The van der Waals surface area contributed by atoms with Crippen LogP contribution in [0.25, 0.3) is 0 Å². The first-order valence-electron chi connectivity index (χ1n) is 17.3. The molecule has 0 bridgehead atoms. The zero-order valence-electron chi connectivity index (χ0n) is 27.9. The number of nitrogens with two attached hydrogens (primary N) is 1. The van der Waals surface area contributed by atoms with Gasteiger partial charge in [0.25, 0.3) is 0 Å². The van der Waals surface area contributed by atoms with E-state index in [1.807, 2.05) is 0 Å². The van der Waals surface area contributed by atoms with Crippen molar-refractivity contribution in [3.05, 3.63) is 24.3 Å². The summed E-state index contributed by atoms with van der Waals surface area (Å²) in [4.78, 5) is 34.5. The number of phosphoric ester groups is 1. The SMILES string of the molecule is CCC/C=C\C/C=C\CCCCCCCC(=O)OC(COC(=O)CCCCCCCCCCCC)COP(=O)(O)OCCN. The average Bonchev–Trinajstić information content (AvgIpc) is 3.00. The molecule has 0 aromatic heterocycles. The molecule has 3 N–H and O–H groups in total. The maximum Gasteiger partial charge on any atom is 0.472 e. The van der Waals surface area contributed by atoms with E-state index in [2.05, 4.69) is 38.2 Å². The minimum atomic E-state index is -4.36. The zero-order valence-corrected chi connectivity index (χ0v) is 28.8. The summed E-state index contributed by atoms with van der Waals surface area (Å²) in [7, 11) is -4.36. The van der Waals surface area contributed by atoms with Crippen molar-refractivity contribution in [3.8, 4) is 0 Å². The molecule has 258 valence electrons. The Bertz CT molecular complexity index is 789. The molecule has 0 aliphatic carbocycles. The number of rotatable bonds is 32. The molecule has 9 nitrogen and oxygen atoms in total. The molecule has 0 saturated carbocycles. The first kappa shape index (κ1) is 42.5. The lowest BCUT2D eigenvalue weighted by atomic mass is 10.1. The lowest BCUT2D eigenvalue weighted by Gasteiger charge is -2.19.